The molecular weight excluding hydrogens is 504 g/mol. The maximum Gasteiger partial charge on any atom is 0.416 e. The molecule has 1 fully saturated rings. The number of halogens is 5. The Balaban J connectivity index is 1.59. The van der Waals surface area contributed by atoms with Crippen LogP contribution in [-0.2, 0) is 16.4 Å². The van der Waals surface area contributed by atoms with Crippen LogP contribution in [0.25, 0.3) is 22.4 Å². The van der Waals surface area contributed by atoms with Crippen LogP contribution in [0.15, 0.2) is 30.3 Å². The average Bonchev–Trinajstić information content (AvgIpc) is 3.11. The Hall–Kier alpha value is -2.09. The molecule has 0 atom stereocenters. The quantitative estimate of drug-likeness (QED) is 0.291. The molecule has 0 bridgehead atoms. The molecule has 1 aromatic heterocycles. The van der Waals surface area contributed by atoms with E-state index in [9.17, 15) is 21.6 Å². The van der Waals surface area contributed by atoms with Gasteiger partial charge in [0.15, 0.2) is 0 Å². The monoisotopic (exact) mass is 522 g/mol. The molecule has 178 valence electrons. The van der Waals surface area contributed by atoms with Crippen LogP contribution in [0.1, 0.15) is 5.56 Å². The zero-order chi connectivity index (χ0) is 23.8. The van der Waals surface area contributed by atoms with E-state index >= 15 is 0 Å². The van der Waals surface area contributed by atoms with Crippen LogP contribution in [0.3, 0.4) is 0 Å². The van der Waals surface area contributed by atoms with Gasteiger partial charge in [-0.2, -0.15) is 26.3 Å². The Morgan fingerprint density at radius 1 is 1.12 bits per heavy atom. The van der Waals surface area contributed by atoms with Gasteiger partial charge in [-0.1, -0.05) is 23.2 Å². The van der Waals surface area contributed by atoms with Gasteiger partial charge in [-0.15, -0.1) is 0 Å². The van der Waals surface area contributed by atoms with Crippen molar-refractivity contribution in [1.29, 1.82) is 0 Å². The number of fused-ring (bicyclic) bond motifs is 1. The molecule has 0 saturated carbocycles. The van der Waals surface area contributed by atoms with Gasteiger partial charge < -0.3 is 15.6 Å². The number of imidazole rings is 1. The fourth-order valence-electron chi connectivity index (χ4n) is 3.24. The smallest absolute Gasteiger partial charge is 0.338 e. The SMILES string of the molecule is O=S(=O)(NCCNC1CNC1)Nc1ccc(Cl)cc1-c1nc2c(Cl)cc(C(F)(F)F)cc2[nH]1. The first-order chi connectivity index (χ1) is 15.5. The van der Waals surface area contributed by atoms with Crippen LogP contribution in [-0.4, -0.2) is 50.6 Å². The highest BCUT2D eigenvalue weighted by Crippen LogP contribution is 2.37. The molecule has 14 heteroatoms. The van der Waals surface area contributed by atoms with E-state index < -0.39 is 21.9 Å². The van der Waals surface area contributed by atoms with Gasteiger partial charge in [0.1, 0.15) is 11.3 Å². The maximum absolute atomic E-state index is 13.1. The summed E-state index contributed by atoms with van der Waals surface area (Å²) < 4.78 is 69.2. The molecule has 8 nitrogen and oxygen atoms in total. The minimum Gasteiger partial charge on any atom is -0.338 e. The fraction of sp³-hybridized carbons (Fsp3) is 0.316. The van der Waals surface area contributed by atoms with Crippen LogP contribution >= 0.6 is 23.2 Å². The van der Waals surface area contributed by atoms with E-state index in [1.165, 1.54) is 18.2 Å². The summed E-state index contributed by atoms with van der Waals surface area (Å²) in [5.41, 5.74) is -0.393. The van der Waals surface area contributed by atoms with E-state index in [2.05, 4.69) is 30.0 Å². The van der Waals surface area contributed by atoms with Gasteiger partial charge in [0.2, 0.25) is 0 Å². The summed E-state index contributed by atoms with van der Waals surface area (Å²) >= 11 is 12.1. The summed E-state index contributed by atoms with van der Waals surface area (Å²) in [5, 5.41) is 6.38. The van der Waals surface area contributed by atoms with Gasteiger partial charge in [0, 0.05) is 42.8 Å². The first-order valence-electron chi connectivity index (χ1n) is 9.80. The number of anilines is 1. The maximum atomic E-state index is 13.1. The molecule has 2 heterocycles. The van der Waals surface area contributed by atoms with E-state index in [4.69, 9.17) is 23.2 Å². The largest absolute Gasteiger partial charge is 0.416 e. The zero-order valence-corrected chi connectivity index (χ0v) is 19.2. The predicted octanol–water partition coefficient (Wildman–Crippen LogP) is 3.36. The van der Waals surface area contributed by atoms with Crippen LogP contribution in [0.4, 0.5) is 18.9 Å². The highest BCUT2D eigenvalue weighted by Gasteiger charge is 2.32. The van der Waals surface area contributed by atoms with Crippen molar-refractivity contribution in [3.05, 3.63) is 45.9 Å². The number of rotatable bonds is 8. The van der Waals surface area contributed by atoms with Gasteiger partial charge in [-0.05, 0) is 30.3 Å². The van der Waals surface area contributed by atoms with Crippen LogP contribution in [0.2, 0.25) is 10.0 Å². The topological polar surface area (TPSA) is 111 Å². The van der Waals surface area contributed by atoms with Crippen molar-refractivity contribution in [3.63, 3.8) is 0 Å². The number of nitrogens with zero attached hydrogens (tertiary/aromatic N) is 1. The Morgan fingerprint density at radius 3 is 2.55 bits per heavy atom. The summed E-state index contributed by atoms with van der Waals surface area (Å²) in [6.45, 7) is 2.29. The molecule has 1 aliphatic rings. The standard InChI is InChI=1S/C19H19Cl2F3N6O2S/c20-11-1-2-15(30-33(31,32)27-4-3-26-12-8-25-9-12)13(7-11)18-28-16-6-10(19(22,23)24)5-14(21)17(16)29-18/h1-2,5-7,12,25-27,30H,3-4,8-9H2,(H,28,29). The van der Waals surface area contributed by atoms with Crippen molar-refractivity contribution in [2.75, 3.05) is 30.9 Å². The van der Waals surface area contributed by atoms with Crippen molar-refractivity contribution in [3.8, 4) is 11.4 Å². The Kier molecular flexibility index (Phi) is 6.76. The van der Waals surface area contributed by atoms with Crippen molar-refractivity contribution >= 4 is 50.1 Å². The molecule has 0 amide bonds. The molecule has 3 aromatic rings. The van der Waals surface area contributed by atoms with E-state index in [1.807, 2.05) is 0 Å². The first-order valence-corrected chi connectivity index (χ1v) is 12.0. The molecule has 2 aromatic carbocycles. The number of hydrogen-bond acceptors (Lipinski definition) is 5. The predicted molar refractivity (Wildman–Crippen MR) is 122 cm³/mol. The lowest BCUT2D eigenvalue weighted by molar-refractivity contribution is -0.137. The first kappa shape index (κ1) is 24.0. The molecule has 0 radical (unpaired) electrons. The third kappa shape index (κ3) is 5.70. The van der Waals surface area contributed by atoms with Gasteiger partial charge in [-0.25, -0.2) is 4.98 Å². The van der Waals surface area contributed by atoms with Crippen molar-refractivity contribution < 1.29 is 21.6 Å². The number of hydrogen-bond donors (Lipinski definition) is 5. The van der Waals surface area contributed by atoms with Gasteiger partial charge in [-0.3, -0.25) is 4.72 Å². The minimum absolute atomic E-state index is 0.0493. The Labute approximate surface area is 197 Å². The molecule has 0 unspecified atom stereocenters. The number of benzene rings is 2. The van der Waals surface area contributed by atoms with E-state index in [1.54, 1.807) is 0 Å². The molecule has 4 rings (SSSR count). The highest BCUT2D eigenvalue weighted by atomic mass is 35.5. The molecular formula is C19H19Cl2F3N6O2S. The second-order valence-electron chi connectivity index (χ2n) is 7.44. The summed E-state index contributed by atoms with van der Waals surface area (Å²) in [7, 11) is -3.94. The normalized spacial score (nSPS) is 15.1. The van der Waals surface area contributed by atoms with Crippen molar-refractivity contribution in [2.24, 2.45) is 0 Å². The summed E-state index contributed by atoms with van der Waals surface area (Å²) in [6, 6.07) is 6.35. The molecule has 33 heavy (non-hydrogen) atoms. The minimum atomic E-state index is -4.59. The lowest BCUT2D eigenvalue weighted by atomic mass is 10.2. The third-order valence-electron chi connectivity index (χ3n) is 4.98. The second-order valence-corrected chi connectivity index (χ2v) is 9.78. The average molecular weight is 523 g/mol. The van der Waals surface area contributed by atoms with Gasteiger partial charge in [0.25, 0.3) is 10.2 Å². The summed E-state index contributed by atoms with van der Waals surface area (Å²) in [4.78, 5) is 7.03. The molecule has 5 N–H and O–H groups in total. The van der Waals surface area contributed by atoms with Gasteiger partial charge in [0.05, 0.1) is 21.8 Å². The number of H-pyrrole nitrogens is 1. The number of nitrogens with one attached hydrogen (secondary N) is 5. The fourth-order valence-corrected chi connectivity index (χ4v) is 4.59. The third-order valence-corrected chi connectivity index (χ3v) is 6.58. The van der Waals surface area contributed by atoms with Gasteiger partial charge >= 0.3 is 6.18 Å². The molecule has 0 spiro atoms. The van der Waals surface area contributed by atoms with Crippen LogP contribution in [0, 0.1) is 0 Å². The Bertz CT molecular complexity index is 1280. The van der Waals surface area contributed by atoms with Crippen molar-refractivity contribution in [2.45, 2.75) is 12.2 Å². The second kappa shape index (κ2) is 9.28. The van der Waals surface area contributed by atoms with E-state index in [0.29, 0.717) is 12.6 Å². The van der Waals surface area contributed by atoms with E-state index in [0.717, 1.165) is 25.2 Å². The number of aromatic nitrogens is 2. The lowest BCUT2D eigenvalue weighted by Gasteiger charge is -2.28. The summed E-state index contributed by atoms with van der Waals surface area (Å²) in [6.07, 6.45) is -4.59. The lowest BCUT2D eigenvalue weighted by Crippen LogP contribution is -2.56. The zero-order valence-electron chi connectivity index (χ0n) is 16.9. The summed E-state index contributed by atoms with van der Waals surface area (Å²) in [5.74, 6) is 0.102. The van der Waals surface area contributed by atoms with Crippen LogP contribution in [0.5, 0.6) is 0 Å². The Morgan fingerprint density at radius 2 is 1.88 bits per heavy atom. The molecule has 1 saturated heterocycles. The van der Waals surface area contributed by atoms with E-state index in [-0.39, 0.29) is 44.7 Å². The highest BCUT2D eigenvalue weighted by molar-refractivity contribution is 7.90. The van der Waals surface area contributed by atoms with Crippen molar-refractivity contribution in [1.82, 2.24) is 25.3 Å². The molecule has 1 aliphatic heterocycles. The molecule has 0 aliphatic carbocycles. The number of alkyl halides is 3. The van der Waals surface area contributed by atoms with Crippen LogP contribution < -0.4 is 20.1 Å². The number of aromatic amines is 1.